The van der Waals surface area contributed by atoms with Gasteiger partial charge in [0.25, 0.3) is 0 Å². The maximum absolute atomic E-state index is 12.5. The number of halogens is 2. The Balaban J connectivity index is 2.23. The topological polar surface area (TPSA) is 54.3 Å². The summed E-state index contributed by atoms with van der Waals surface area (Å²) in [4.78, 5) is 1.94. The van der Waals surface area contributed by atoms with Crippen molar-refractivity contribution >= 4 is 33.2 Å². The van der Waals surface area contributed by atoms with E-state index < -0.39 is 10.0 Å². The number of benzene rings is 1. The zero-order valence-corrected chi connectivity index (χ0v) is 15.5. The predicted octanol–water partition coefficient (Wildman–Crippen LogP) is 2.91. The Morgan fingerprint density at radius 3 is 2.52 bits per heavy atom. The van der Waals surface area contributed by atoms with Crippen LogP contribution in [0.4, 0.5) is 0 Å². The molecule has 1 N–H and O–H groups in total. The summed E-state index contributed by atoms with van der Waals surface area (Å²) in [6, 6.07) is 8.15. The molecule has 1 atom stereocenters. The normalized spacial score (nSPS) is 13.5. The Hall–Kier alpha value is -1.05. The van der Waals surface area contributed by atoms with Gasteiger partial charge in [-0.3, -0.25) is 4.90 Å². The second-order valence-corrected chi connectivity index (χ2v) is 8.03. The first-order valence-corrected chi connectivity index (χ1v) is 9.18. The van der Waals surface area contributed by atoms with E-state index in [1.807, 2.05) is 48.9 Å². The molecule has 0 radical (unpaired) electrons. The lowest BCUT2D eigenvalue weighted by atomic mass is 10.2. The number of nitrogens with zero attached hydrogens (tertiary/aromatic N) is 2. The van der Waals surface area contributed by atoms with Gasteiger partial charge in [-0.15, -0.1) is 0 Å². The van der Waals surface area contributed by atoms with Gasteiger partial charge in [-0.1, -0.05) is 23.2 Å². The van der Waals surface area contributed by atoms with Gasteiger partial charge >= 0.3 is 0 Å². The first-order chi connectivity index (χ1) is 10.7. The molecule has 0 amide bonds. The molecule has 126 valence electrons. The Kier molecular flexibility index (Phi) is 5.75. The molecule has 23 heavy (non-hydrogen) atoms. The van der Waals surface area contributed by atoms with E-state index in [2.05, 4.69) is 4.72 Å². The van der Waals surface area contributed by atoms with Crippen LogP contribution >= 0.6 is 23.2 Å². The van der Waals surface area contributed by atoms with Gasteiger partial charge in [0.05, 0.1) is 11.1 Å². The van der Waals surface area contributed by atoms with Crippen LogP contribution in [0.2, 0.25) is 10.0 Å². The molecular formula is C15H19Cl2N3O2S. The molecule has 8 heteroatoms. The van der Waals surface area contributed by atoms with E-state index in [-0.39, 0.29) is 22.5 Å². The molecule has 0 saturated carbocycles. The first kappa shape index (κ1) is 18.3. The summed E-state index contributed by atoms with van der Waals surface area (Å²) >= 11 is 11.9. The van der Waals surface area contributed by atoms with E-state index in [0.29, 0.717) is 5.02 Å². The fourth-order valence-corrected chi connectivity index (χ4v) is 4.12. The molecule has 1 heterocycles. The van der Waals surface area contributed by atoms with Crippen molar-refractivity contribution in [1.82, 2.24) is 14.2 Å². The number of hydrogen-bond donors (Lipinski definition) is 1. The molecule has 5 nitrogen and oxygen atoms in total. The van der Waals surface area contributed by atoms with E-state index in [4.69, 9.17) is 23.2 Å². The quantitative estimate of drug-likeness (QED) is 0.844. The van der Waals surface area contributed by atoms with E-state index in [9.17, 15) is 8.42 Å². The highest BCUT2D eigenvalue weighted by molar-refractivity contribution is 7.89. The van der Waals surface area contributed by atoms with Crippen molar-refractivity contribution in [2.75, 3.05) is 20.6 Å². The Bertz CT molecular complexity index is 788. The molecule has 0 fully saturated rings. The van der Waals surface area contributed by atoms with Gasteiger partial charge in [0.1, 0.15) is 4.90 Å². The van der Waals surface area contributed by atoms with Crippen molar-refractivity contribution in [3.63, 3.8) is 0 Å². The maximum atomic E-state index is 12.5. The van der Waals surface area contributed by atoms with Crippen molar-refractivity contribution in [3.05, 3.63) is 52.3 Å². The molecule has 2 rings (SSSR count). The van der Waals surface area contributed by atoms with Crippen molar-refractivity contribution < 1.29 is 8.42 Å². The molecule has 1 aromatic heterocycles. The summed E-state index contributed by atoms with van der Waals surface area (Å²) in [5, 5.41) is 0.462. The van der Waals surface area contributed by atoms with Crippen LogP contribution in [0.5, 0.6) is 0 Å². The van der Waals surface area contributed by atoms with Crippen LogP contribution in [0.1, 0.15) is 11.7 Å². The third-order valence-corrected chi connectivity index (χ3v) is 5.74. The van der Waals surface area contributed by atoms with Gasteiger partial charge in [-0.2, -0.15) is 0 Å². The van der Waals surface area contributed by atoms with E-state index in [1.54, 1.807) is 6.07 Å². The lowest BCUT2D eigenvalue weighted by Crippen LogP contribution is -2.35. The number of hydrogen-bond acceptors (Lipinski definition) is 3. The van der Waals surface area contributed by atoms with Gasteiger partial charge in [0.2, 0.25) is 10.0 Å². The van der Waals surface area contributed by atoms with Crippen LogP contribution in [-0.2, 0) is 17.1 Å². The summed E-state index contributed by atoms with van der Waals surface area (Å²) in [7, 11) is 1.98. The minimum atomic E-state index is -3.75. The number of aromatic nitrogens is 1. The lowest BCUT2D eigenvalue weighted by molar-refractivity contribution is 0.289. The number of nitrogens with one attached hydrogen (secondary N) is 1. The second-order valence-electron chi connectivity index (χ2n) is 5.45. The summed E-state index contributed by atoms with van der Waals surface area (Å²) < 4.78 is 29.6. The highest BCUT2D eigenvalue weighted by atomic mass is 35.5. The third-order valence-electron chi connectivity index (χ3n) is 3.60. The molecular weight excluding hydrogens is 357 g/mol. The van der Waals surface area contributed by atoms with Crippen LogP contribution in [0.3, 0.4) is 0 Å². The summed E-state index contributed by atoms with van der Waals surface area (Å²) in [5.41, 5.74) is 1.01. The van der Waals surface area contributed by atoms with E-state index >= 15 is 0 Å². The molecule has 0 aliphatic rings. The monoisotopic (exact) mass is 375 g/mol. The number of sulfonamides is 1. The number of likely N-dealkylation sites (N-methyl/N-ethyl adjacent to an activating group) is 1. The maximum Gasteiger partial charge on any atom is 0.242 e. The van der Waals surface area contributed by atoms with Crippen LogP contribution < -0.4 is 4.72 Å². The fraction of sp³-hybridized carbons (Fsp3) is 0.333. The lowest BCUT2D eigenvalue weighted by Gasteiger charge is -2.25. The third kappa shape index (κ3) is 4.28. The molecule has 1 unspecified atom stereocenters. The second kappa shape index (κ2) is 7.23. The van der Waals surface area contributed by atoms with Crippen molar-refractivity contribution in [2.45, 2.75) is 10.9 Å². The van der Waals surface area contributed by atoms with Gasteiger partial charge in [-0.05, 0) is 44.4 Å². The Morgan fingerprint density at radius 1 is 1.26 bits per heavy atom. The molecule has 0 bridgehead atoms. The zero-order chi connectivity index (χ0) is 17.2. The number of aryl methyl sites for hydroxylation is 1. The summed E-state index contributed by atoms with van der Waals surface area (Å²) in [5.74, 6) is 0. The first-order valence-electron chi connectivity index (χ1n) is 6.95. The Labute approximate surface area is 146 Å². The molecule has 1 aromatic carbocycles. The largest absolute Gasteiger partial charge is 0.353 e. The predicted molar refractivity (Wildman–Crippen MR) is 93.5 cm³/mol. The average Bonchev–Trinajstić information content (AvgIpc) is 2.87. The number of rotatable bonds is 6. The Morgan fingerprint density at radius 2 is 1.96 bits per heavy atom. The van der Waals surface area contributed by atoms with Crippen LogP contribution in [-0.4, -0.2) is 38.5 Å². The molecule has 0 aliphatic heterocycles. The minimum absolute atomic E-state index is 0.0175. The molecule has 0 aliphatic carbocycles. The van der Waals surface area contributed by atoms with Crippen molar-refractivity contribution in [3.8, 4) is 0 Å². The highest BCUT2D eigenvalue weighted by Crippen LogP contribution is 2.25. The summed E-state index contributed by atoms with van der Waals surface area (Å²) in [6.45, 7) is 0.218. The standard InChI is InChI=1S/C15H19Cl2N3O2S/c1-19(2)14(13-5-4-8-20(13)3)10-18-23(21,22)15-9-11(16)6-7-12(15)17/h4-9,14,18H,10H2,1-3H3. The van der Waals surface area contributed by atoms with Crippen LogP contribution in [0.15, 0.2) is 41.4 Å². The highest BCUT2D eigenvalue weighted by Gasteiger charge is 2.23. The van der Waals surface area contributed by atoms with Gasteiger partial charge in [-0.25, -0.2) is 13.1 Å². The van der Waals surface area contributed by atoms with Crippen LogP contribution in [0.25, 0.3) is 0 Å². The zero-order valence-electron chi connectivity index (χ0n) is 13.1. The summed E-state index contributed by atoms with van der Waals surface area (Å²) in [6.07, 6.45) is 1.92. The van der Waals surface area contributed by atoms with E-state index in [1.165, 1.54) is 12.1 Å². The molecule has 0 spiro atoms. The average molecular weight is 376 g/mol. The molecule has 2 aromatic rings. The fourth-order valence-electron chi connectivity index (χ4n) is 2.32. The van der Waals surface area contributed by atoms with Gasteiger partial charge in [0, 0.05) is 30.5 Å². The van der Waals surface area contributed by atoms with Crippen LogP contribution in [0, 0.1) is 0 Å². The molecule has 0 saturated heterocycles. The smallest absolute Gasteiger partial charge is 0.242 e. The SMILES string of the molecule is CN(C)C(CNS(=O)(=O)c1cc(Cl)ccc1Cl)c1cccn1C. The van der Waals surface area contributed by atoms with E-state index in [0.717, 1.165) is 5.69 Å². The van der Waals surface area contributed by atoms with Crippen molar-refractivity contribution in [2.24, 2.45) is 7.05 Å². The minimum Gasteiger partial charge on any atom is -0.353 e. The van der Waals surface area contributed by atoms with Gasteiger partial charge in [0.15, 0.2) is 0 Å². The van der Waals surface area contributed by atoms with Gasteiger partial charge < -0.3 is 4.57 Å². The van der Waals surface area contributed by atoms with Crippen molar-refractivity contribution in [1.29, 1.82) is 0 Å².